The second-order valence-corrected chi connectivity index (χ2v) is 3.52. The van der Waals surface area contributed by atoms with Crippen molar-refractivity contribution in [3.05, 3.63) is 24.3 Å². The first-order valence-corrected chi connectivity index (χ1v) is 5.28. The maximum absolute atomic E-state index is 5.42. The smallest absolute Gasteiger partial charge is 0.00425 e. The highest BCUT2D eigenvalue weighted by Crippen LogP contribution is 2.09. The van der Waals surface area contributed by atoms with Gasteiger partial charge >= 0.3 is 0 Å². The number of allylic oxidation sites excluding steroid dienone is 2. The van der Waals surface area contributed by atoms with Crippen LogP contribution in [-0.2, 0) is 0 Å². The molecule has 76 valence electrons. The van der Waals surface area contributed by atoms with E-state index in [9.17, 15) is 0 Å². The Morgan fingerprint density at radius 1 is 1.23 bits per heavy atom. The van der Waals surface area contributed by atoms with Gasteiger partial charge in [0.2, 0.25) is 0 Å². The lowest BCUT2D eigenvalue weighted by Crippen LogP contribution is -1.96. The Hall–Kier alpha value is -0.560. The Kier molecular flexibility index (Phi) is 9.12. The van der Waals surface area contributed by atoms with E-state index in [1.807, 2.05) is 6.08 Å². The Bertz CT molecular complexity index is 147. The Morgan fingerprint density at radius 3 is 2.62 bits per heavy atom. The molecule has 0 heterocycles. The van der Waals surface area contributed by atoms with Gasteiger partial charge in [-0.05, 0) is 45.6 Å². The molecule has 0 aromatic heterocycles. The van der Waals surface area contributed by atoms with Gasteiger partial charge in [0.25, 0.3) is 0 Å². The van der Waals surface area contributed by atoms with E-state index in [0.717, 1.165) is 19.4 Å². The van der Waals surface area contributed by atoms with Gasteiger partial charge in [0.1, 0.15) is 0 Å². The van der Waals surface area contributed by atoms with Crippen LogP contribution in [-0.4, -0.2) is 6.54 Å². The standard InChI is InChI=1S/C12H23N/c1-3-4-5-6-7-9-12(2)10-8-11-13/h3,10H,1,4-9,11,13H2,2H3/b12-10-. The summed E-state index contributed by atoms with van der Waals surface area (Å²) in [5, 5.41) is 0. The van der Waals surface area contributed by atoms with Crippen molar-refractivity contribution in [1.82, 2.24) is 0 Å². The van der Waals surface area contributed by atoms with Crippen LogP contribution in [0.4, 0.5) is 0 Å². The molecule has 0 saturated carbocycles. The fraction of sp³-hybridized carbons (Fsp3) is 0.667. The molecule has 0 saturated heterocycles. The van der Waals surface area contributed by atoms with Gasteiger partial charge in [0.15, 0.2) is 0 Å². The predicted octanol–water partition coefficient (Wildman–Crippen LogP) is 3.42. The Balaban J connectivity index is 3.25. The van der Waals surface area contributed by atoms with E-state index in [-0.39, 0.29) is 0 Å². The molecular weight excluding hydrogens is 158 g/mol. The molecule has 0 fully saturated rings. The summed E-state index contributed by atoms with van der Waals surface area (Å²) in [6.07, 6.45) is 11.6. The number of nitrogens with two attached hydrogens (primary N) is 1. The molecule has 0 atom stereocenters. The van der Waals surface area contributed by atoms with Crippen molar-refractivity contribution in [3.8, 4) is 0 Å². The van der Waals surface area contributed by atoms with Crippen molar-refractivity contribution < 1.29 is 0 Å². The Labute approximate surface area is 82.7 Å². The molecule has 1 heteroatoms. The minimum atomic E-state index is 0.772. The third-order valence-electron chi connectivity index (χ3n) is 2.14. The molecule has 0 aliphatic rings. The number of hydrogen-bond donors (Lipinski definition) is 1. The Morgan fingerprint density at radius 2 is 2.00 bits per heavy atom. The van der Waals surface area contributed by atoms with E-state index in [0.29, 0.717) is 0 Å². The quantitative estimate of drug-likeness (QED) is 0.450. The third-order valence-corrected chi connectivity index (χ3v) is 2.14. The van der Waals surface area contributed by atoms with Crippen molar-refractivity contribution in [2.75, 3.05) is 6.54 Å². The van der Waals surface area contributed by atoms with Crippen LogP contribution in [0, 0.1) is 0 Å². The van der Waals surface area contributed by atoms with Crippen LogP contribution in [0.5, 0.6) is 0 Å². The topological polar surface area (TPSA) is 26.0 Å². The summed E-state index contributed by atoms with van der Waals surface area (Å²) in [5.74, 6) is 0. The molecule has 0 aromatic carbocycles. The maximum atomic E-state index is 5.42. The van der Waals surface area contributed by atoms with Crippen LogP contribution < -0.4 is 5.73 Å². The summed E-state index contributed by atoms with van der Waals surface area (Å²) < 4.78 is 0. The predicted molar refractivity (Wildman–Crippen MR) is 60.7 cm³/mol. The highest BCUT2D eigenvalue weighted by atomic mass is 14.5. The zero-order chi connectivity index (χ0) is 9.94. The third kappa shape index (κ3) is 9.35. The van der Waals surface area contributed by atoms with Crippen molar-refractivity contribution in [1.29, 1.82) is 0 Å². The lowest BCUT2D eigenvalue weighted by Gasteiger charge is -2.00. The molecule has 1 nitrogen and oxygen atoms in total. The van der Waals surface area contributed by atoms with Gasteiger partial charge < -0.3 is 5.73 Å². The van der Waals surface area contributed by atoms with E-state index < -0.39 is 0 Å². The lowest BCUT2D eigenvalue weighted by molar-refractivity contribution is 0.682. The molecule has 0 unspecified atom stereocenters. The van der Waals surface area contributed by atoms with Gasteiger partial charge in [0, 0.05) is 0 Å². The maximum Gasteiger partial charge on any atom is -0.00425 e. The van der Waals surface area contributed by atoms with Crippen LogP contribution in [0.15, 0.2) is 24.3 Å². The summed E-state index contributed by atoms with van der Waals surface area (Å²) in [5.41, 5.74) is 6.91. The summed E-state index contributed by atoms with van der Waals surface area (Å²) in [6, 6.07) is 0. The van der Waals surface area contributed by atoms with Crippen molar-refractivity contribution >= 4 is 0 Å². The fourth-order valence-corrected chi connectivity index (χ4v) is 1.30. The number of unbranched alkanes of at least 4 members (excludes halogenated alkanes) is 3. The van der Waals surface area contributed by atoms with Gasteiger partial charge in [-0.3, -0.25) is 0 Å². The van der Waals surface area contributed by atoms with E-state index >= 15 is 0 Å². The van der Waals surface area contributed by atoms with Gasteiger partial charge in [0.05, 0.1) is 0 Å². The molecule has 0 rings (SSSR count). The summed E-state index contributed by atoms with van der Waals surface area (Å²) in [4.78, 5) is 0. The SMILES string of the molecule is C=CCCCCC/C(C)=C\CCN. The molecule has 0 amide bonds. The first-order chi connectivity index (χ1) is 6.31. The van der Waals surface area contributed by atoms with Crippen molar-refractivity contribution in [2.24, 2.45) is 5.73 Å². The summed E-state index contributed by atoms with van der Waals surface area (Å²) in [6.45, 7) is 6.68. The summed E-state index contributed by atoms with van der Waals surface area (Å²) in [7, 11) is 0. The van der Waals surface area contributed by atoms with Gasteiger partial charge in [-0.25, -0.2) is 0 Å². The van der Waals surface area contributed by atoms with E-state index in [1.54, 1.807) is 0 Å². The van der Waals surface area contributed by atoms with Gasteiger partial charge in [-0.1, -0.05) is 24.1 Å². The van der Waals surface area contributed by atoms with Crippen molar-refractivity contribution in [3.63, 3.8) is 0 Å². The normalized spacial score (nSPS) is 11.7. The average Bonchev–Trinajstić information content (AvgIpc) is 2.14. The van der Waals surface area contributed by atoms with Crippen LogP contribution in [0.1, 0.15) is 45.4 Å². The monoisotopic (exact) mass is 181 g/mol. The first-order valence-electron chi connectivity index (χ1n) is 5.28. The van der Waals surface area contributed by atoms with Crippen LogP contribution in [0.25, 0.3) is 0 Å². The highest BCUT2D eigenvalue weighted by Gasteiger charge is 1.90. The second-order valence-electron chi connectivity index (χ2n) is 3.52. The molecular formula is C12H23N. The molecule has 0 aromatic rings. The summed E-state index contributed by atoms with van der Waals surface area (Å²) >= 11 is 0. The van der Waals surface area contributed by atoms with Gasteiger partial charge in [-0.15, -0.1) is 6.58 Å². The molecule has 0 aliphatic carbocycles. The minimum Gasteiger partial charge on any atom is -0.330 e. The fourth-order valence-electron chi connectivity index (χ4n) is 1.30. The van der Waals surface area contributed by atoms with E-state index in [4.69, 9.17) is 5.73 Å². The second kappa shape index (κ2) is 9.53. The zero-order valence-corrected chi connectivity index (χ0v) is 8.89. The van der Waals surface area contributed by atoms with Crippen LogP contribution in [0.2, 0.25) is 0 Å². The lowest BCUT2D eigenvalue weighted by atomic mass is 10.1. The van der Waals surface area contributed by atoms with Crippen LogP contribution in [0.3, 0.4) is 0 Å². The largest absolute Gasteiger partial charge is 0.330 e. The number of hydrogen-bond acceptors (Lipinski definition) is 1. The highest BCUT2D eigenvalue weighted by molar-refractivity contribution is 4.97. The molecule has 2 N–H and O–H groups in total. The molecule has 0 bridgehead atoms. The molecule has 0 spiro atoms. The van der Waals surface area contributed by atoms with Crippen molar-refractivity contribution in [2.45, 2.75) is 45.4 Å². The molecule has 0 aliphatic heterocycles. The van der Waals surface area contributed by atoms with Crippen LogP contribution >= 0.6 is 0 Å². The molecule has 13 heavy (non-hydrogen) atoms. The average molecular weight is 181 g/mol. The zero-order valence-electron chi connectivity index (χ0n) is 8.89. The van der Waals surface area contributed by atoms with E-state index in [1.165, 1.54) is 31.3 Å². The first kappa shape index (κ1) is 12.4. The number of rotatable bonds is 8. The van der Waals surface area contributed by atoms with E-state index in [2.05, 4.69) is 19.6 Å². The minimum absolute atomic E-state index is 0.772. The van der Waals surface area contributed by atoms with Gasteiger partial charge in [-0.2, -0.15) is 0 Å². The molecule has 0 radical (unpaired) electrons.